The normalized spacial score (nSPS) is 23.9. The molecule has 2 atom stereocenters. The summed E-state index contributed by atoms with van der Waals surface area (Å²) in [5.74, 6) is 1.40. The Morgan fingerprint density at radius 2 is 2.25 bits per heavy atom. The second kappa shape index (κ2) is 6.21. The maximum atomic E-state index is 11.3. The standard InChI is InChI=1S/C12H25N3O/c1-9(2)10(6-13)7-14-11-4-5-12(16)15(3)8-11/h9-11,14H,4-8,13H2,1-3H3. The zero-order chi connectivity index (χ0) is 12.1. The number of nitrogens with one attached hydrogen (secondary N) is 1. The van der Waals surface area contributed by atoms with Gasteiger partial charge in [-0.15, -0.1) is 0 Å². The molecule has 4 heteroatoms. The van der Waals surface area contributed by atoms with E-state index in [0.29, 0.717) is 24.3 Å². The van der Waals surface area contributed by atoms with Gasteiger partial charge in [0, 0.05) is 26.1 Å². The van der Waals surface area contributed by atoms with Crippen LogP contribution in [0.1, 0.15) is 26.7 Å². The van der Waals surface area contributed by atoms with Crippen LogP contribution in [-0.2, 0) is 4.79 Å². The molecule has 1 rings (SSSR count). The summed E-state index contributed by atoms with van der Waals surface area (Å²) in [6, 6.07) is 0.440. The van der Waals surface area contributed by atoms with E-state index in [-0.39, 0.29) is 5.91 Å². The molecule has 16 heavy (non-hydrogen) atoms. The number of amides is 1. The summed E-state index contributed by atoms with van der Waals surface area (Å²) in [6.07, 6.45) is 1.63. The van der Waals surface area contributed by atoms with Gasteiger partial charge < -0.3 is 16.0 Å². The number of likely N-dealkylation sites (tertiary alicyclic amines) is 1. The van der Waals surface area contributed by atoms with Crippen molar-refractivity contribution in [3.63, 3.8) is 0 Å². The molecule has 0 radical (unpaired) electrons. The Labute approximate surface area is 98.6 Å². The van der Waals surface area contributed by atoms with Crippen molar-refractivity contribution >= 4 is 5.91 Å². The minimum absolute atomic E-state index is 0.261. The fraction of sp³-hybridized carbons (Fsp3) is 0.917. The lowest BCUT2D eigenvalue weighted by molar-refractivity contribution is -0.132. The van der Waals surface area contributed by atoms with Gasteiger partial charge in [-0.2, -0.15) is 0 Å². The van der Waals surface area contributed by atoms with Crippen molar-refractivity contribution in [1.29, 1.82) is 0 Å². The Bertz CT molecular complexity index is 230. The van der Waals surface area contributed by atoms with Crippen LogP contribution in [0.15, 0.2) is 0 Å². The van der Waals surface area contributed by atoms with E-state index in [4.69, 9.17) is 5.73 Å². The van der Waals surface area contributed by atoms with Gasteiger partial charge >= 0.3 is 0 Å². The molecule has 1 saturated heterocycles. The Morgan fingerprint density at radius 1 is 1.56 bits per heavy atom. The first-order chi connectivity index (χ1) is 7.54. The summed E-state index contributed by atoms with van der Waals surface area (Å²) in [6.45, 7) is 6.92. The molecule has 1 amide bonds. The molecule has 0 aliphatic carbocycles. The lowest BCUT2D eigenvalue weighted by Gasteiger charge is -2.32. The first-order valence-corrected chi connectivity index (χ1v) is 6.22. The Hall–Kier alpha value is -0.610. The molecule has 3 N–H and O–H groups in total. The third kappa shape index (κ3) is 3.76. The molecule has 0 saturated carbocycles. The topological polar surface area (TPSA) is 58.4 Å². The van der Waals surface area contributed by atoms with E-state index >= 15 is 0 Å². The van der Waals surface area contributed by atoms with Crippen LogP contribution in [0.5, 0.6) is 0 Å². The summed E-state index contributed by atoms with van der Waals surface area (Å²) < 4.78 is 0. The number of piperidine rings is 1. The van der Waals surface area contributed by atoms with Crippen LogP contribution in [0.25, 0.3) is 0 Å². The summed E-state index contributed by atoms with van der Waals surface area (Å²) >= 11 is 0. The van der Waals surface area contributed by atoms with E-state index < -0.39 is 0 Å². The molecule has 4 nitrogen and oxygen atoms in total. The highest BCUT2D eigenvalue weighted by Gasteiger charge is 2.23. The molecule has 1 aliphatic heterocycles. The third-order valence-corrected chi connectivity index (χ3v) is 3.54. The molecule has 0 spiro atoms. The van der Waals surface area contributed by atoms with Gasteiger partial charge in [-0.1, -0.05) is 13.8 Å². The quantitative estimate of drug-likeness (QED) is 0.716. The maximum absolute atomic E-state index is 11.3. The lowest BCUT2D eigenvalue weighted by Crippen LogP contribution is -2.48. The number of rotatable bonds is 5. The summed E-state index contributed by atoms with van der Waals surface area (Å²) in [4.78, 5) is 13.1. The minimum atomic E-state index is 0.261. The van der Waals surface area contributed by atoms with Crippen molar-refractivity contribution < 1.29 is 4.79 Å². The fourth-order valence-corrected chi connectivity index (χ4v) is 2.09. The lowest BCUT2D eigenvalue weighted by atomic mass is 9.95. The van der Waals surface area contributed by atoms with E-state index in [9.17, 15) is 4.79 Å². The number of carbonyl (C=O) groups excluding carboxylic acids is 1. The van der Waals surface area contributed by atoms with Gasteiger partial charge in [0.1, 0.15) is 0 Å². The Balaban J connectivity index is 2.30. The van der Waals surface area contributed by atoms with E-state index in [0.717, 1.165) is 26.1 Å². The average Bonchev–Trinajstić information content (AvgIpc) is 2.23. The molecule has 0 aromatic heterocycles. The predicted octanol–water partition coefficient (Wildman–Crippen LogP) is 0.428. The molecular weight excluding hydrogens is 202 g/mol. The van der Waals surface area contributed by atoms with Crippen molar-refractivity contribution in [2.45, 2.75) is 32.7 Å². The zero-order valence-electron chi connectivity index (χ0n) is 10.7. The number of carbonyl (C=O) groups is 1. The highest BCUT2D eigenvalue weighted by Crippen LogP contribution is 2.12. The van der Waals surface area contributed by atoms with Crippen molar-refractivity contribution in [3.05, 3.63) is 0 Å². The highest BCUT2D eigenvalue weighted by atomic mass is 16.2. The van der Waals surface area contributed by atoms with Crippen LogP contribution in [0, 0.1) is 11.8 Å². The first kappa shape index (κ1) is 13.5. The summed E-state index contributed by atoms with van der Waals surface area (Å²) in [7, 11) is 1.87. The van der Waals surface area contributed by atoms with Gasteiger partial charge in [-0.05, 0) is 31.3 Å². The molecule has 1 fully saturated rings. The summed E-state index contributed by atoms with van der Waals surface area (Å²) in [5.41, 5.74) is 5.73. The molecular formula is C12H25N3O. The zero-order valence-corrected chi connectivity index (χ0v) is 10.7. The Morgan fingerprint density at radius 3 is 2.75 bits per heavy atom. The monoisotopic (exact) mass is 227 g/mol. The van der Waals surface area contributed by atoms with E-state index in [1.54, 1.807) is 0 Å². The van der Waals surface area contributed by atoms with Crippen LogP contribution in [0.4, 0.5) is 0 Å². The second-order valence-corrected chi connectivity index (χ2v) is 5.16. The van der Waals surface area contributed by atoms with Gasteiger partial charge in [0.05, 0.1) is 0 Å². The van der Waals surface area contributed by atoms with Crippen LogP contribution >= 0.6 is 0 Å². The van der Waals surface area contributed by atoms with Crippen LogP contribution in [-0.4, -0.2) is 43.5 Å². The molecule has 1 aliphatic rings. The fourth-order valence-electron chi connectivity index (χ4n) is 2.09. The summed E-state index contributed by atoms with van der Waals surface area (Å²) in [5, 5.41) is 3.53. The van der Waals surface area contributed by atoms with Gasteiger partial charge in [0.15, 0.2) is 0 Å². The van der Waals surface area contributed by atoms with Crippen LogP contribution in [0.2, 0.25) is 0 Å². The number of nitrogens with zero attached hydrogens (tertiary/aromatic N) is 1. The predicted molar refractivity (Wildman–Crippen MR) is 66.0 cm³/mol. The van der Waals surface area contributed by atoms with Gasteiger partial charge in [-0.3, -0.25) is 4.79 Å². The molecule has 0 aromatic carbocycles. The number of hydrogen-bond donors (Lipinski definition) is 2. The Kier molecular flexibility index (Phi) is 5.22. The number of hydrogen-bond acceptors (Lipinski definition) is 3. The third-order valence-electron chi connectivity index (χ3n) is 3.54. The molecule has 2 unspecified atom stereocenters. The van der Waals surface area contributed by atoms with Crippen LogP contribution < -0.4 is 11.1 Å². The number of nitrogens with two attached hydrogens (primary N) is 1. The maximum Gasteiger partial charge on any atom is 0.222 e. The van der Waals surface area contributed by atoms with E-state index in [1.165, 1.54) is 0 Å². The van der Waals surface area contributed by atoms with Gasteiger partial charge in [0.25, 0.3) is 0 Å². The van der Waals surface area contributed by atoms with Crippen molar-refractivity contribution in [2.24, 2.45) is 17.6 Å². The van der Waals surface area contributed by atoms with Crippen molar-refractivity contribution in [1.82, 2.24) is 10.2 Å². The van der Waals surface area contributed by atoms with Crippen LogP contribution in [0.3, 0.4) is 0 Å². The molecule has 0 bridgehead atoms. The number of likely N-dealkylation sites (N-methyl/N-ethyl adjacent to an activating group) is 1. The SMILES string of the molecule is CC(C)C(CN)CNC1CCC(=O)N(C)C1. The smallest absolute Gasteiger partial charge is 0.222 e. The van der Waals surface area contributed by atoms with Gasteiger partial charge in [-0.25, -0.2) is 0 Å². The van der Waals surface area contributed by atoms with E-state index in [2.05, 4.69) is 19.2 Å². The molecule has 0 aromatic rings. The molecule has 94 valence electrons. The van der Waals surface area contributed by atoms with Crippen molar-refractivity contribution in [2.75, 3.05) is 26.7 Å². The minimum Gasteiger partial charge on any atom is -0.344 e. The first-order valence-electron chi connectivity index (χ1n) is 6.22. The van der Waals surface area contributed by atoms with E-state index in [1.807, 2.05) is 11.9 Å². The van der Waals surface area contributed by atoms with Gasteiger partial charge in [0.2, 0.25) is 5.91 Å². The second-order valence-electron chi connectivity index (χ2n) is 5.16. The highest BCUT2D eigenvalue weighted by molar-refractivity contribution is 5.76. The van der Waals surface area contributed by atoms with Crippen molar-refractivity contribution in [3.8, 4) is 0 Å². The average molecular weight is 227 g/mol. The largest absolute Gasteiger partial charge is 0.344 e. The molecule has 1 heterocycles.